The fourth-order valence-corrected chi connectivity index (χ4v) is 3.07. The van der Waals surface area contributed by atoms with Crippen LogP contribution in [0.1, 0.15) is 33.6 Å². The van der Waals surface area contributed by atoms with Gasteiger partial charge < -0.3 is 14.1 Å². The van der Waals surface area contributed by atoms with E-state index in [2.05, 4.69) is 33.9 Å². The summed E-state index contributed by atoms with van der Waals surface area (Å²) in [6, 6.07) is 0.440. The van der Waals surface area contributed by atoms with E-state index in [0.717, 1.165) is 25.3 Å². The summed E-state index contributed by atoms with van der Waals surface area (Å²) < 4.78 is 11.1. The van der Waals surface area contributed by atoms with Crippen LogP contribution in [-0.4, -0.2) is 38.7 Å². The number of hydrogen-bond donors (Lipinski definition) is 0. The molecule has 2 bridgehead atoms. The molecular weight excluding hydrogens is 246 g/mol. The zero-order valence-corrected chi connectivity index (χ0v) is 13.2. The Labute approximate surface area is 111 Å². The lowest BCUT2D eigenvalue weighted by Crippen LogP contribution is -2.42. The quantitative estimate of drug-likeness (QED) is 0.584. The number of carbonyl (C=O) groups excluding carboxylic acids is 1. The van der Waals surface area contributed by atoms with Gasteiger partial charge in [0.2, 0.25) is 0 Å². The maximum Gasteiger partial charge on any atom is 0.412 e. The van der Waals surface area contributed by atoms with Crippen molar-refractivity contribution in [3.8, 4) is 0 Å². The Bertz CT molecular complexity index is 332. The molecule has 104 valence electrons. The summed E-state index contributed by atoms with van der Waals surface area (Å²) in [6.45, 7) is 11.8. The summed E-state index contributed by atoms with van der Waals surface area (Å²) in [4.78, 5) is 13.7. The average molecular weight is 271 g/mol. The minimum Gasteiger partial charge on any atom is -0.423 e. The van der Waals surface area contributed by atoms with Crippen LogP contribution in [0.3, 0.4) is 0 Å². The van der Waals surface area contributed by atoms with Gasteiger partial charge in [-0.2, -0.15) is 0 Å². The topological polar surface area (TPSA) is 38.8 Å². The van der Waals surface area contributed by atoms with Crippen LogP contribution in [0.5, 0.6) is 0 Å². The third-order valence-electron chi connectivity index (χ3n) is 4.75. The number of amides is 1. The molecule has 1 saturated carbocycles. The van der Waals surface area contributed by atoms with Crippen LogP contribution in [0.2, 0.25) is 18.1 Å². The van der Waals surface area contributed by atoms with E-state index in [0.29, 0.717) is 6.04 Å². The molecule has 4 nitrogen and oxygen atoms in total. The van der Waals surface area contributed by atoms with Crippen LogP contribution >= 0.6 is 0 Å². The van der Waals surface area contributed by atoms with E-state index >= 15 is 0 Å². The molecule has 5 heteroatoms. The largest absolute Gasteiger partial charge is 0.423 e. The van der Waals surface area contributed by atoms with Gasteiger partial charge in [-0.3, -0.25) is 0 Å². The molecular formula is C13H25NO3Si. The summed E-state index contributed by atoms with van der Waals surface area (Å²) in [5, 5.41) is 0.147. The molecule has 0 aromatic heterocycles. The molecule has 0 aromatic rings. The lowest BCUT2D eigenvalue weighted by atomic mass is 9.86. The maximum absolute atomic E-state index is 11.9. The van der Waals surface area contributed by atoms with Gasteiger partial charge in [0.05, 0.1) is 0 Å². The first-order valence-electron chi connectivity index (χ1n) is 6.78. The van der Waals surface area contributed by atoms with Gasteiger partial charge in [-0.25, -0.2) is 4.79 Å². The van der Waals surface area contributed by atoms with Crippen molar-refractivity contribution in [1.29, 1.82) is 0 Å². The number of nitrogens with zero attached hydrogens (tertiary/aromatic N) is 1. The van der Waals surface area contributed by atoms with Gasteiger partial charge >= 0.3 is 6.09 Å². The highest BCUT2D eigenvalue weighted by atomic mass is 28.4. The number of carbonyl (C=O) groups is 1. The Balaban J connectivity index is 1.74. The van der Waals surface area contributed by atoms with Gasteiger partial charge in [0.1, 0.15) is 0 Å². The van der Waals surface area contributed by atoms with Gasteiger partial charge in [-0.1, -0.05) is 20.8 Å². The predicted molar refractivity (Wildman–Crippen MR) is 72.8 cm³/mol. The number of hydrogen-bond acceptors (Lipinski definition) is 3. The van der Waals surface area contributed by atoms with Crippen molar-refractivity contribution in [2.75, 3.05) is 13.3 Å². The monoisotopic (exact) mass is 271 g/mol. The molecule has 2 heterocycles. The van der Waals surface area contributed by atoms with Gasteiger partial charge in [0, 0.05) is 12.6 Å². The molecule has 0 N–H and O–H groups in total. The van der Waals surface area contributed by atoms with E-state index in [-0.39, 0.29) is 17.9 Å². The third-order valence-corrected chi connectivity index (χ3v) is 9.20. The molecule has 0 spiro atoms. The standard InChI is InChI=1S/C13H25NO3Si/c1-13(2,3)18(4,5)17-9-16-12(15)14-8-10-6-11(14)7-10/h10-11H,6-9H2,1-5H3. The van der Waals surface area contributed by atoms with Gasteiger partial charge in [0.15, 0.2) is 15.1 Å². The molecule has 1 aliphatic carbocycles. The first kappa shape index (κ1) is 13.9. The second-order valence-electron chi connectivity index (χ2n) is 7.08. The number of rotatable bonds is 3. The van der Waals surface area contributed by atoms with Gasteiger partial charge in [-0.05, 0) is 36.9 Å². The average Bonchev–Trinajstić information content (AvgIpc) is 2.72. The molecule has 0 unspecified atom stereocenters. The normalized spacial score (nSPS) is 27.1. The lowest BCUT2D eigenvalue weighted by molar-refractivity contribution is 0.0278. The summed E-state index contributed by atoms with van der Waals surface area (Å²) in [7, 11) is -1.81. The van der Waals surface area contributed by atoms with Crippen LogP contribution in [0, 0.1) is 5.92 Å². The summed E-state index contributed by atoms with van der Waals surface area (Å²) >= 11 is 0. The molecule has 3 fully saturated rings. The minimum absolute atomic E-state index is 0.100. The lowest BCUT2D eigenvalue weighted by Gasteiger charge is -2.35. The van der Waals surface area contributed by atoms with Crippen molar-refractivity contribution in [1.82, 2.24) is 4.90 Å². The first-order valence-corrected chi connectivity index (χ1v) is 9.69. The Morgan fingerprint density at radius 1 is 1.33 bits per heavy atom. The Hall–Kier alpha value is -0.553. The molecule has 0 aromatic carbocycles. The van der Waals surface area contributed by atoms with Crippen LogP contribution in [0.4, 0.5) is 4.79 Å². The Morgan fingerprint density at radius 2 is 1.94 bits per heavy atom. The second-order valence-corrected chi connectivity index (χ2v) is 11.9. The molecule has 2 aliphatic heterocycles. The van der Waals surface area contributed by atoms with Crippen molar-refractivity contribution < 1.29 is 14.0 Å². The molecule has 0 atom stereocenters. The third kappa shape index (κ3) is 2.57. The van der Waals surface area contributed by atoms with E-state index in [1.165, 1.54) is 0 Å². The van der Waals surface area contributed by atoms with E-state index in [4.69, 9.17) is 9.16 Å². The highest BCUT2D eigenvalue weighted by molar-refractivity contribution is 6.74. The van der Waals surface area contributed by atoms with Crippen molar-refractivity contribution in [3.05, 3.63) is 0 Å². The molecule has 3 rings (SSSR count). The molecule has 0 radical (unpaired) electrons. The highest BCUT2D eigenvalue weighted by Gasteiger charge is 2.46. The molecule has 1 amide bonds. The fraction of sp³-hybridized carbons (Fsp3) is 0.923. The SMILES string of the molecule is CC(C)(C)[Si](C)(C)OCOC(=O)N1CC2CC1C2. The van der Waals surface area contributed by atoms with E-state index in [1.54, 1.807) is 0 Å². The number of ether oxygens (including phenoxy) is 1. The first-order chi connectivity index (χ1) is 8.21. The Morgan fingerprint density at radius 3 is 2.39 bits per heavy atom. The number of fused-ring (bicyclic) bond motifs is 1. The summed E-state index contributed by atoms with van der Waals surface area (Å²) in [5.41, 5.74) is 0. The molecule has 2 saturated heterocycles. The Kier molecular flexibility index (Phi) is 3.49. The van der Waals surface area contributed by atoms with Crippen molar-refractivity contribution >= 4 is 14.4 Å². The fourth-order valence-electron chi connectivity index (χ4n) is 2.28. The van der Waals surface area contributed by atoms with E-state index in [1.807, 2.05) is 4.90 Å². The van der Waals surface area contributed by atoms with Crippen LogP contribution in [0.25, 0.3) is 0 Å². The minimum atomic E-state index is -1.81. The predicted octanol–water partition coefficient (Wildman–Crippen LogP) is 3.20. The zero-order valence-electron chi connectivity index (χ0n) is 12.2. The second kappa shape index (κ2) is 4.53. The zero-order chi connectivity index (χ0) is 13.6. The summed E-state index contributed by atoms with van der Waals surface area (Å²) in [5.74, 6) is 0.726. The summed E-state index contributed by atoms with van der Waals surface area (Å²) in [6.07, 6.45) is 2.13. The van der Waals surface area contributed by atoms with Gasteiger partial charge in [0.25, 0.3) is 0 Å². The highest BCUT2D eigenvalue weighted by Crippen LogP contribution is 2.41. The van der Waals surface area contributed by atoms with Crippen molar-refractivity contribution in [3.63, 3.8) is 0 Å². The van der Waals surface area contributed by atoms with E-state index < -0.39 is 8.32 Å². The van der Waals surface area contributed by atoms with Crippen molar-refractivity contribution in [2.45, 2.75) is 57.8 Å². The van der Waals surface area contributed by atoms with Crippen LogP contribution in [-0.2, 0) is 9.16 Å². The molecule has 3 aliphatic rings. The van der Waals surface area contributed by atoms with Crippen molar-refractivity contribution in [2.24, 2.45) is 5.92 Å². The smallest absolute Gasteiger partial charge is 0.412 e. The van der Waals surface area contributed by atoms with E-state index in [9.17, 15) is 4.79 Å². The maximum atomic E-state index is 11.9. The van der Waals surface area contributed by atoms with Crippen LogP contribution in [0.15, 0.2) is 0 Å². The molecule has 18 heavy (non-hydrogen) atoms. The van der Waals surface area contributed by atoms with Gasteiger partial charge in [-0.15, -0.1) is 0 Å². The van der Waals surface area contributed by atoms with Crippen LogP contribution < -0.4 is 0 Å².